The quantitative estimate of drug-likeness (QED) is 0.846. The Labute approximate surface area is 140 Å². The number of hydrogen-bond donors (Lipinski definition) is 0. The third kappa shape index (κ3) is 2.81. The van der Waals surface area contributed by atoms with Gasteiger partial charge < -0.3 is 4.42 Å². The first-order valence-corrected chi connectivity index (χ1v) is 7.99. The molecule has 0 saturated carbocycles. The molecule has 0 N–H and O–H groups in total. The largest absolute Gasteiger partial charge is 0.472 e. The van der Waals surface area contributed by atoms with Gasteiger partial charge in [0.05, 0.1) is 17.5 Å². The Morgan fingerprint density at radius 2 is 1.83 bits per heavy atom. The van der Waals surface area contributed by atoms with Gasteiger partial charge in [-0.05, 0) is 18.6 Å². The molecular formula is C17H22N4O3. The van der Waals surface area contributed by atoms with Crippen LogP contribution in [0.25, 0.3) is 0 Å². The van der Waals surface area contributed by atoms with Gasteiger partial charge in [-0.3, -0.25) is 14.3 Å². The monoisotopic (exact) mass is 330 g/mol. The van der Waals surface area contributed by atoms with Crippen molar-refractivity contribution in [3.05, 3.63) is 41.6 Å². The van der Waals surface area contributed by atoms with Gasteiger partial charge in [-0.25, -0.2) is 10.0 Å². The highest BCUT2D eigenvalue weighted by Crippen LogP contribution is 2.24. The average molecular weight is 330 g/mol. The van der Waals surface area contributed by atoms with Gasteiger partial charge >= 0.3 is 0 Å². The summed E-state index contributed by atoms with van der Waals surface area (Å²) in [5, 5.41) is 7.43. The molecule has 1 aliphatic heterocycles. The Bertz CT molecular complexity index is 755. The van der Waals surface area contributed by atoms with E-state index in [1.54, 1.807) is 23.9 Å². The fourth-order valence-electron chi connectivity index (χ4n) is 2.74. The van der Waals surface area contributed by atoms with E-state index >= 15 is 0 Å². The van der Waals surface area contributed by atoms with Crippen LogP contribution in [-0.2, 0) is 12.5 Å². The molecule has 7 nitrogen and oxygen atoms in total. The molecule has 3 rings (SSSR count). The summed E-state index contributed by atoms with van der Waals surface area (Å²) in [6, 6.07) is 3.41. The molecule has 0 unspecified atom stereocenters. The summed E-state index contributed by atoms with van der Waals surface area (Å²) in [5.74, 6) is -0.442. The van der Waals surface area contributed by atoms with Crippen LogP contribution in [0.1, 0.15) is 53.7 Å². The molecule has 0 aromatic carbocycles. The molecule has 1 fully saturated rings. The summed E-state index contributed by atoms with van der Waals surface area (Å²) in [5.41, 5.74) is 1.62. The summed E-state index contributed by atoms with van der Waals surface area (Å²) >= 11 is 0. The van der Waals surface area contributed by atoms with Crippen LogP contribution in [0.15, 0.2) is 29.1 Å². The van der Waals surface area contributed by atoms with Crippen molar-refractivity contribution in [1.82, 2.24) is 19.8 Å². The highest BCUT2D eigenvalue weighted by atomic mass is 16.3. The predicted octanol–water partition coefficient (Wildman–Crippen LogP) is 2.21. The van der Waals surface area contributed by atoms with Crippen molar-refractivity contribution in [3.63, 3.8) is 0 Å². The van der Waals surface area contributed by atoms with Gasteiger partial charge in [0.1, 0.15) is 12.0 Å². The molecule has 2 aromatic heterocycles. The van der Waals surface area contributed by atoms with Crippen LogP contribution in [0, 0.1) is 0 Å². The second-order valence-corrected chi connectivity index (χ2v) is 7.01. The molecule has 1 saturated heterocycles. The highest BCUT2D eigenvalue weighted by molar-refractivity contribution is 5.98. The molecule has 0 spiro atoms. The van der Waals surface area contributed by atoms with Crippen LogP contribution in [0.3, 0.4) is 0 Å². The number of furan rings is 1. The molecule has 3 heterocycles. The lowest BCUT2D eigenvalue weighted by molar-refractivity contribution is 0.0178. The maximum Gasteiger partial charge on any atom is 0.290 e. The zero-order valence-electron chi connectivity index (χ0n) is 14.4. The molecule has 0 aliphatic carbocycles. The molecule has 1 aliphatic rings. The molecule has 128 valence electrons. The third-order valence-corrected chi connectivity index (χ3v) is 4.14. The second kappa shape index (κ2) is 5.81. The van der Waals surface area contributed by atoms with Crippen LogP contribution >= 0.6 is 0 Å². The number of carbonyl (C=O) groups excluding carboxylic acids is 2. The molecule has 24 heavy (non-hydrogen) atoms. The third-order valence-electron chi connectivity index (χ3n) is 4.14. The summed E-state index contributed by atoms with van der Waals surface area (Å²) in [6.45, 7) is 7.18. The number of hydrogen-bond acceptors (Lipinski definition) is 4. The zero-order chi connectivity index (χ0) is 17.5. The minimum absolute atomic E-state index is 0.145. The Hall–Kier alpha value is -2.57. The van der Waals surface area contributed by atoms with Crippen molar-refractivity contribution in [2.75, 3.05) is 13.1 Å². The molecule has 0 bridgehead atoms. The van der Waals surface area contributed by atoms with Crippen LogP contribution in [0.2, 0.25) is 0 Å². The van der Waals surface area contributed by atoms with Gasteiger partial charge in [0, 0.05) is 25.6 Å². The van der Waals surface area contributed by atoms with Crippen molar-refractivity contribution in [1.29, 1.82) is 0 Å². The lowest BCUT2D eigenvalue weighted by Gasteiger charge is -2.27. The van der Waals surface area contributed by atoms with Gasteiger partial charge in [0.2, 0.25) is 0 Å². The first-order chi connectivity index (χ1) is 11.3. The van der Waals surface area contributed by atoms with Crippen LogP contribution in [0.4, 0.5) is 0 Å². The smallest absolute Gasteiger partial charge is 0.290 e. The Morgan fingerprint density at radius 1 is 1.17 bits per heavy atom. The number of nitrogens with zero attached hydrogens (tertiary/aromatic N) is 4. The van der Waals surface area contributed by atoms with Gasteiger partial charge in [0.15, 0.2) is 0 Å². The van der Waals surface area contributed by atoms with E-state index in [2.05, 4.69) is 5.10 Å². The van der Waals surface area contributed by atoms with E-state index in [0.717, 1.165) is 12.1 Å². The molecule has 0 atom stereocenters. The first-order valence-electron chi connectivity index (χ1n) is 7.99. The minimum Gasteiger partial charge on any atom is -0.472 e. The summed E-state index contributed by atoms with van der Waals surface area (Å²) in [6.07, 6.45) is 3.59. The van der Waals surface area contributed by atoms with Crippen molar-refractivity contribution < 1.29 is 14.0 Å². The number of aromatic nitrogens is 2. The van der Waals surface area contributed by atoms with Crippen molar-refractivity contribution in [2.24, 2.45) is 7.05 Å². The summed E-state index contributed by atoms with van der Waals surface area (Å²) in [4.78, 5) is 25.5. The van der Waals surface area contributed by atoms with E-state index in [1.165, 1.54) is 22.5 Å². The minimum atomic E-state index is -0.229. The highest BCUT2D eigenvalue weighted by Gasteiger charge is 2.34. The topological polar surface area (TPSA) is 71.6 Å². The van der Waals surface area contributed by atoms with Crippen molar-refractivity contribution in [3.8, 4) is 0 Å². The van der Waals surface area contributed by atoms with E-state index in [4.69, 9.17) is 4.42 Å². The summed E-state index contributed by atoms with van der Waals surface area (Å²) < 4.78 is 6.56. The fourth-order valence-corrected chi connectivity index (χ4v) is 2.74. The number of amides is 2. The average Bonchev–Trinajstić information content (AvgIpc) is 3.25. The predicted molar refractivity (Wildman–Crippen MR) is 87.3 cm³/mol. The zero-order valence-corrected chi connectivity index (χ0v) is 14.4. The fraction of sp³-hybridized carbons (Fsp3) is 0.471. The van der Waals surface area contributed by atoms with Crippen molar-refractivity contribution >= 4 is 11.8 Å². The van der Waals surface area contributed by atoms with E-state index in [1.807, 2.05) is 20.8 Å². The number of rotatable bonds is 2. The first kappa shape index (κ1) is 16.3. The normalized spacial score (nSPS) is 15.2. The van der Waals surface area contributed by atoms with Gasteiger partial charge in [-0.2, -0.15) is 5.10 Å². The number of hydrazine groups is 1. The van der Waals surface area contributed by atoms with E-state index < -0.39 is 0 Å². The molecule has 2 amide bonds. The van der Waals surface area contributed by atoms with E-state index in [0.29, 0.717) is 24.3 Å². The van der Waals surface area contributed by atoms with Gasteiger partial charge in [-0.1, -0.05) is 20.8 Å². The molecule has 7 heteroatoms. The van der Waals surface area contributed by atoms with Crippen LogP contribution in [-0.4, -0.2) is 44.7 Å². The van der Waals surface area contributed by atoms with E-state index in [-0.39, 0.29) is 17.2 Å². The van der Waals surface area contributed by atoms with Crippen molar-refractivity contribution in [2.45, 2.75) is 32.6 Å². The number of carbonyl (C=O) groups is 2. The summed E-state index contributed by atoms with van der Waals surface area (Å²) in [7, 11) is 1.75. The second-order valence-electron chi connectivity index (χ2n) is 7.01. The molecule has 0 radical (unpaired) electrons. The number of aryl methyl sites for hydroxylation is 1. The van der Waals surface area contributed by atoms with E-state index in [9.17, 15) is 9.59 Å². The van der Waals surface area contributed by atoms with Crippen LogP contribution < -0.4 is 0 Å². The molecule has 2 aromatic rings. The van der Waals surface area contributed by atoms with Gasteiger partial charge in [0.25, 0.3) is 11.8 Å². The van der Waals surface area contributed by atoms with Gasteiger partial charge in [-0.15, -0.1) is 0 Å². The van der Waals surface area contributed by atoms with Crippen LogP contribution in [0.5, 0.6) is 0 Å². The molecular weight excluding hydrogens is 308 g/mol. The Balaban J connectivity index is 1.86. The Morgan fingerprint density at radius 3 is 2.38 bits per heavy atom. The Kier molecular flexibility index (Phi) is 3.95. The maximum absolute atomic E-state index is 12.9. The standard InChI is InChI=1S/C17H22N4O3/c1-17(2,3)14-10-13(19(4)18-14)16(23)21-8-5-7-20(21)15(22)12-6-9-24-11-12/h6,9-11H,5,7-8H2,1-4H3. The SMILES string of the molecule is Cn1nc(C(C)(C)C)cc1C(=O)N1CCCN1C(=O)c1ccoc1. The lowest BCUT2D eigenvalue weighted by atomic mass is 9.92. The lowest BCUT2D eigenvalue weighted by Crippen LogP contribution is -2.45. The maximum atomic E-state index is 12.9.